The number of carbonyl (C=O) groups is 1. The molecule has 0 aromatic carbocycles. The lowest BCUT2D eigenvalue weighted by atomic mass is 10.2. The standard InChI is InChI=1S/C9H13N3O2/c1-12-4-2-11-9(12)8(13)7-6-10-3-5-14-7/h2,4,7,10H,3,5-6H2,1H3. The lowest BCUT2D eigenvalue weighted by molar-refractivity contribution is 0.0259. The van der Waals surface area contributed by atoms with E-state index in [4.69, 9.17) is 4.74 Å². The highest BCUT2D eigenvalue weighted by Gasteiger charge is 2.25. The number of Topliss-reactive ketones (excluding diaryl/α,β-unsaturated/α-hetero) is 1. The maximum atomic E-state index is 11.8. The maximum Gasteiger partial charge on any atom is 0.228 e. The van der Waals surface area contributed by atoms with Crippen LogP contribution in [0.1, 0.15) is 10.6 Å². The molecule has 0 spiro atoms. The maximum absolute atomic E-state index is 11.8. The zero-order valence-electron chi connectivity index (χ0n) is 8.06. The van der Waals surface area contributed by atoms with Gasteiger partial charge in [-0.1, -0.05) is 0 Å². The third kappa shape index (κ3) is 1.69. The second kappa shape index (κ2) is 3.89. The average Bonchev–Trinajstić information content (AvgIpc) is 2.65. The van der Waals surface area contributed by atoms with Gasteiger partial charge in [0.25, 0.3) is 0 Å². The van der Waals surface area contributed by atoms with Gasteiger partial charge in [-0.3, -0.25) is 4.79 Å². The molecule has 1 saturated heterocycles. The van der Waals surface area contributed by atoms with Gasteiger partial charge in [0.15, 0.2) is 5.82 Å². The minimum atomic E-state index is -0.384. The van der Waals surface area contributed by atoms with E-state index < -0.39 is 0 Å². The van der Waals surface area contributed by atoms with Crippen molar-refractivity contribution in [1.29, 1.82) is 0 Å². The summed E-state index contributed by atoms with van der Waals surface area (Å²) in [4.78, 5) is 15.8. The summed E-state index contributed by atoms with van der Waals surface area (Å²) in [5.41, 5.74) is 0. The van der Waals surface area contributed by atoms with Crippen LogP contribution in [0.15, 0.2) is 12.4 Å². The molecule has 1 aliphatic rings. The van der Waals surface area contributed by atoms with Gasteiger partial charge >= 0.3 is 0 Å². The monoisotopic (exact) mass is 195 g/mol. The molecule has 0 amide bonds. The van der Waals surface area contributed by atoms with Crippen molar-refractivity contribution < 1.29 is 9.53 Å². The molecule has 1 aliphatic heterocycles. The summed E-state index contributed by atoms with van der Waals surface area (Å²) in [6.45, 7) is 1.97. The van der Waals surface area contributed by atoms with Crippen LogP contribution in [-0.4, -0.2) is 41.1 Å². The lowest BCUT2D eigenvalue weighted by Crippen LogP contribution is -2.43. The third-order valence-corrected chi connectivity index (χ3v) is 2.26. The van der Waals surface area contributed by atoms with E-state index in [1.54, 1.807) is 24.0 Å². The fraction of sp³-hybridized carbons (Fsp3) is 0.556. The van der Waals surface area contributed by atoms with Crippen molar-refractivity contribution in [3.8, 4) is 0 Å². The molecule has 1 atom stereocenters. The molecule has 1 unspecified atom stereocenters. The zero-order valence-corrected chi connectivity index (χ0v) is 8.06. The molecule has 1 fully saturated rings. The molecular weight excluding hydrogens is 182 g/mol. The molecule has 0 bridgehead atoms. The number of imidazole rings is 1. The number of hydrogen-bond acceptors (Lipinski definition) is 4. The Morgan fingerprint density at radius 1 is 1.79 bits per heavy atom. The van der Waals surface area contributed by atoms with E-state index in [2.05, 4.69) is 10.3 Å². The predicted octanol–water partition coefficient (Wildman–Crippen LogP) is -0.409. The largest absolute Gasteiger partial charge is 0.367 e. The van der Waals surface area contributed by atoms with Crippen LogP contribution >= 0.6 is 0 Å². The van der Waals surface area contributed by atoms with Gasteiger partial charge in [0.05, 0.1) is 6.61 Å². The Morgan fingerprint density at radius 2 is 2.64 bits per heavy atom. The number of aromatic nitrogens is 2. The summed E-state index contributed by atoms with van der Waals surface area (Å²) < 4.78 is 7.06. The topological polar surface area (TPSA) is 56.2 Å². The van der Waals surface area contributed by atoms with Crippen LogP contribution in [0.3, 0.4) is 0 Å². The Morgan fingerprint density at radius 3 is 3.21 bits per heavy atom. The van der Waals surface area contributed by atoms with Crippen LogP contribution in [0, 0.1) is 0 Å². The smallest absolute Gasteiger partial charge is 0.228 e. The number of nitrogens with zero attached hydrogens (tertiary/aromatic N) is 2. The van der Waals surface area contributed by atoms with Crippen molar-refractivity contribution in [1.82, 2.24) is 14.9 Å². The Labute approximate surface area is 82.1 Å². The fourth-order valence-corrected chi connectivity index (χ4v) is 1.48. The third-order valence-electron chi connectivity index (χ3n) is 2.26. The molecule has 1 aromatic heterocycles. The van der Waals surface area contributed by atoms with Gasteiger partial charge in [-0.05, 0) is 0 Å². The first-order chi connectivity index (χ1) is 6.79. The van der Waals surface area contributed by atoms with E-state index >= 15 is 0 Å². The van der Waals surface area contributed by atoms with Gasteiger partial charge in [-0.2, -0.15) is 0 Å². The second-order valence-electron chi connectivity index (χ2n) is 3.29. The summed E-state index contributed by atoms with van der Waals surface area (Å²) in [5.74, 6) is 0.406. The SMILES string of the molecule is Cn1ccnc1C(=O)C1CNCCO1. The minimum absolute atomic E-state index is 0.0512. The highest BCUT2D eigenvalue weighted by atomic mass is 16.5. The van der Waals surface area contributed by atoms with Crippen molar-refractivity contribution in [3.05, 3.63) is 18.2 Å². The van der Waals surface area contributed by atoms with Crippen molar-refractivity contribution in [3.63, 3.8) is 0 Å². The summed E-state index contributed by atoms with van der Waals surface area (Å²) in [7, 11) is 1.80. The van der Waals surface area contributed by atoms with Gasteiger partial charge in [0, 0.05) is 32.5 Å². The van der Waals surface area contributed by atoms with Crippen LogP contribution in [-0.2, 0) is 11.8 Å². The molecule has 1 N–H and O–H groups in total. The highest BCUT2D eigenvalue weighted by molar-refractivity contribution is 5.96. The first-order valence-corrected chi connectivity index (χ1v) is 4.63. The average molecular weight is 195 g/mol. The summed E-state index contributed by atoms with van der Waals surface area (Å²) in [6, 6.07) is 0. The molecule has 14 heavy (non-hydrogen) atoms. The van der Waals surface area contributed by atoms with Crippen molar-refractivity contribution in [2.24, 2.45) is 7.05 Å². The van der Waals surface area contributed by atoms with Crippen LogP contribution in [0.4, 0.5) is 0 Å². The van der Waals surface area contributed by atoms with E-state index in [1.807, 2.05) is 0 Å². The molecule has 1 aromatic rings. The molecule has 5 nitrogen and oxygen atoms in total. The number of ketones is 1. The van der Waals surface area contributed by atoms with Crippen LogP contribution in [0.2, 0.25) is 0 Å². The highest BCUT2D eigenvalue weighted by Crippen LogP contribution is 2.05. The van der Waals surface area contributed by atoms with Gasteiger partial charge in [-0.25, -0.2) is 4.98 Å². The molecular formula is C9H13N3O2. The van der Waals surface area contributed by atoms with E-state index in [-0.39, 0.29) is 11.9 Å². The Bertz CT molecular complexity index is 329. The van der Waals surface area contributed by atoms with Crippen LogP contribution in [0.5, 0.6) is 0 Å². The van der Waals surface area contributed by atoms with Gasteiger partial charge in [-0.15, -0.1) is 0 Å². The number of morpholine rings is 1. The summed E-state index contributed by atoms with van der Waals surface area (Å²) >= 11 is 0. The molecule has 76 valence electrons. The second-order valence-corrected chi connectivity index (χ2v) is 3.29. The fourth-order valence-electron chi connectivity index (χ4n) is 1.48. The molecule has 0 radical (unpaired) electrons. The lowest BCUT2D eigenvalue weighted by Gasteiger charge is -2.21. The van der Waals surface area contributed by atoms with E-state index in [0.717, 1.165) is 6.54 Å². The van der Waals surface area contributed by atoms with Gasteiger partial charge in [0.1, 0.15) is 6.10 Å². The Balaban J connectivity index is 2.11. The number of aryl methyl sites for hydroxylation is 1. The minimum Gasteiger partial charge on any atom is -0.367 e. The first-order valence-electron chi connectivity index (χ1n) is 4.63. The molecule has 0 aliphatic carbocycles. The van der Waals surface area contributed by atoms with E-state index in [0.29, 0.717) is 19.0 Å². The van der Waals surface area contributed by atoms with Crippen LogP contribution in [0.25, 0.3) is 0 Å². The summed E-state index contributed by atoms with van der Waals surface area (Å²) in [6.07, 6.45) is 2.98. The molecule has 0 saturated carbocycles. The van der Waals surface area contributed by atoms with E-state index in [1.165, 1.54) is 0 Å². The van der Waals surface area contributed by atoms with E-state index in [9.17, 15) is 4.79 Å². The Hall–Kier alpha value is -1.20. The number of carbonyl (C=O) groups excluding carboxylic acids is 1. The van der Waals surface area contributed by atoms with Crippen molar-refractivity contribution >= 4 is 5.78 Å². The number of rotatable bonds is 2. The zero-order chi connectivity index (χ0) is 9.97. The Kier molecular flexibility index (Phi) is 2.60. The summed E-state index contributed by atoms with van der Waals surface area (Å²) in [5, 5.41) is 3.11. The normalized spacial score (nSPS) is 22.2. The molecule has 2 heterocycles. The van der Waals surface area contributed by atoms with Crippen molar-refractivity contribution in [2.45, 2.75) is 6.10 Å². The quantitative estimate of drug-likeness (QED) is 0.652. The number of nitrogens with one attached hydrogen (secondary N) is 1. The molecule has 2 rings (SSSR count). The number of hydrogen-bond donors (Lipinski definition) is 1. The van der Waals surface area contributed by atoms with Crippen molar-refractivity contribution in [2.75, 3.05) is 19.7 Å². The first kappa shape index (κ1) is 9.36. The molecule has 5 heteroatoms. The van der Waals surface area contributed by atoms with Crippen LogP contribution < -0.4 is 5.32 Å². The predicted molar refractivity (Wildman–Crippen MR) is 50.1 cm³/mol. The van der Waals surface area contributed by atoms with Gasteiger partial charge in [0.2, 0.25) is 5.78 Å². The van der Waals surface area contributed by atoms with Gasteiger partial charge < -0.3 is 14.6 Å². The number of ether oxygens (including phenoxy) is 1.